The Hall–Kier alpha value is -1.36. The molecule has 1 saturated heterocycles. The summed E-state index contributed by atoms with van der Waals surface area (Å²) in [6.45, 7) is 6.84. The smallest absolute Gasteiger partial charge is 0.410 e. The number of carbonyl (C=O) groups excluding carboxylic acids is 2. The fourth-order valence-corrected chi connectivity index (χ4v) is 3.39. The number of benzene rings is 1. The van der Waals surface area contributed by atoms with E-state index in [9.17, 15) is 9.59 Å². The molecule has 23 heavy (non-hydrogen) atoms. The molecular formula is C18H24BrNO3. The van der Waals surface area contributed by atoms with Gasteiger partial charge >= 0.3 is 6.09 Å². The van der Waals surface area contributed by atoms with Crippen LogP contribution in [0.15, 0.2) is 28.7 Å². The van der Waals surface area contributed by atoms with E-state index in [0.717, 1.165) is 29.2 Å². The Morgan fingerprint density at radius 1 is 1.43 bits per heavy atom. The van der Waals surface area contributed by atoms with Crippen LogP contribution in [0.2, 0.25) is 0 Å². The molecule has 0 saturated carbocycles. The van der Waals surface area contributed by atoms with E-state index >= 15 is 0 Å². The Morgan fingerprint density at radius 2 is 2.17 bits per heavy atom. The summed E-state index contributed by atoms with van der Waals surface area (Å²) in [5.41, 5.74) is 0.490. The molecule has 1 heterocycles. The number of amides is 1. The second-order valence-corrected chi connectivity index (χ2v) is 7.96. The van der Waals surface area contributed by atoms with Crippen molar-refractivity contribution in [1.82, 2.24) is 4.90 Å². The van der Waals surface area contributed by atoms with Crippen molar-refractivity contribution >= 4 is 28.3 Å². The summed E-state index contributed by atoms with van der Waals surface area (Å²) in [6, 6.07) is 7.82. The van der Waals surface area contributed by atoms with Crippen molar-refractivity contribution in [1.29, 1.82) is 0 Å². The number of aldehydes is 1. The molecule has 1 aliphatic heterocycles. The van der Waals surface area contributed by atoms with E-state index < -0.39 is 5.60 Å². The first-order valence-corrected chi connectivity index (χ1v) is 8.78. The summed E-state index contributed by atoms with van der Waals surface area (Å²) in [5.74, 6) is -0.0687. The minimum atomic E-state index is -0.502. The quantitative estimate of drug-likeness (QED) is 0.729. The zero-order valence-corrected chi connectivity index (χ0v) is 15.5. The molecule has 2 atom stereocenters. The molecule has 1 fully saturated rings. The van der Waals surface area contributed by atoms with Crippen LogP contribution in [-0.2, 0) is 9.53 Å². The van der Waals surface area contributed by atoms with Crippen molar-refractivity contribution in [2.75, 3.05) is 13.1 Å². The molecule has 4 nitrogen and oxygen atoms in total. The minimum absolute atomic E-state index is 0.128. The highest BCUT2D eigenvalue weighted by Crippen LogP contribution is 2.32. The summed E-state index contributed by atoms with van der Waals surface area (Å²) < 4.78 is 6.41. The number of nitrogens with zero attached hydrogens (tertiary/aromatic N) is 1. The molecular weight excluding hydrogens is 358 g/mol. The van der Waals surface area contributed by atoms with E-state index in [2.05, 4.69) is 15.9 Å². The molecule has 0 N–H and O–H groups in total. The molecule has 126 valence electrons. The van der Waals surface area contributed by atoms with E-state index in [1.165, 1.54) is 0 Å². The van der Waals surface area contributed by atoms with Gasteiger partial charge in [-0.3, -0.25) is 0 Å². The third-order valence-electron chi connectivity index (χ3n) is 4.00. The molecule has 0 radical (unpaired) electrons. The van der Waals surface area contributed by atoms with Crippen LogP contribution in [-0.4, -0.2) is 36.0 Å². The van der Waals surface area contributed by atoms with Gasteiger partial charge in [-0.25, -0.2) is 4.79 Å². The third-order valence-corrected chi connectivity index (χ3v) is 4.49. The number of carbonyl (C=O) groups is 2. The standard InChI is InChI=1S/C18H24BrNO3/c1-18(2,3)23-17(22)20-9-5-7-14(11-20)16(12-21)13-6-4-8-15(19)10-13/h4,6,8,10,12,14,16H,5,7,9,11H2,1-3H3. The van der Waals surface area contributed by atoms with Gasteiger partial charge in [0, 0.05) is 23.5 Å². The first-order chi connectivity index (χ1) is 10.8. The Balaban J connectivity index is 2.10. The van der Waals surface area contributed by atoms with Gasteiger partial charge in [-0.1, -0.05) is 28.1 Å². The second-order valence-electron chi connectivity index (χ2n) is 7.05. The van der Waals surface area contributed by atoms with Gasteiger partial charge in [0.15, 0.2) is 0 Å². The van der Waals surface area contributed by atoms with E-state index in [4.69, 9.17) is 4.74 Å². The maximum atomic E-state index is 12.3. The van der Waals surface area contributed by atoms with E-state index in [-0.39, 0.29) is 17.9 Å². The number of halogens is 1. The van der Waals surface area contributed by atoms with Crippen LogP contribution in [0.1, 0.15) is 45.1 Å². The van der Waals surface area contributed by atoms with E-state index in [0.29, 0.717) is 13.1 Å². The SMILES string of the molecule is CC(C)(C)OC(=O)N1CCCC(C(C=O)c2cccc(Br)c2)C1. The first-order valence-electron chi connectivity index (χ1n) is 7.99. The topological polar surface area (TPSA) is 46.6 Å². The van der Waals surface area contributed by atoms with E-state index in [1.807, 2.05) is 45.0 Å². The average molecular weight is 382 g/mol. The minimum Gasteiger partial charge on any atom is -0.444 e. The first kappa shape index (κ1) is 18.0. The van der Waals surface area contributed by atoms with E-state index in [1.54, 1.807) is 4.90 Å². The van der Waals surface area contributed by atoms with Gasteiger partial charge in [-0.15, -0.1) is 0 Å². The largest absolute Gasteiger partial charge is 0.444 e. The third kappa shape index (κ3) is 5.06. The van der Waals surface area contributed by atoms with Crippen LogP contribution < -0.4 is 0 Å². The maximum absolute atomic E-state index is 12.3. The lowest BCUT2D eigenvalue weighted by Gasteiger charge is -2.36. The van der Waals surface area contributed by atoms with Gasteiger partial charge in [0.05, 0.1) is 0 Å². The monoisotopic (exact) mass is 381 g/mol. The number of likely N-dealkylation sites (tertiary alicyclic amines) is 1. The molecule has 1 aliphatic rings. The second kappa shape index (κ2) is 7.47. The van der Waals surface area contributed by atoms with Crippen molar-refractivity contribution in [3.8, 4) is 0 Å². The van der Waals surface area contributed by atoms with Gasteiger partial charge in [-0.05, 0) is 57.2 Å². The fourth-order valence-electron chi connectivity index (χ4n) is 2.97. The molecule has 0 spiro atoms. The number of rotatable bonds is 3. The fraction of sp³-hybridized carbons (Fsp3) is 0.556. The number of hydrogen-bond acceptors (Lipinski definition) is 3. The summed E-state index contributed by atoms with van der Waals surface area (Å²) >= 11 is 3.45. The van der Waals surface area contributed by atoms with Gasteiger partial charge < -0.3 is 14.4 Å². The highest BCUT2D eigenvalue weighted by atomic mass is 79.9. The Kier molecular flexibility index (Phi) is 5.84. The Labute approximate surface area is 146 Å². The highest BCUT2D eigenvalue weighted by Gasteiger charge is 2.32. The van der Waals surface area contributed by atoms with Gasteiger partial charge in [-0.2, -0.15) is 0 Å². The number of hydrogen-bond donors (Lipinski definition) is 0. The molecule has 5 heteroatoms. The summed E-state index contributed by atoms with van der Waals surface area (Å²) in [5, 5.41) is 0. The zero-order valence-electron chi connectivity index (χ0n) is 13.9. The van der Waals surface area contributed by atoms with Crippen molar-refractivity contribution in [3.05, 3.63) is 34.3 Å². The molecule has 2 rings (SSSR count). The molecule has 1 aromatic carbocycles. The van der Waals surface area contributed by atoms with Crippen molar-refractivity contribution < 1.29 is 14.3 Å². The molecule has 2 unspecified atom stereocenters. The number of ether oxygens (including phenoxy) is 1. The van der Waals surface area contributed by atoms with Crippen LogP contribution in [0.25, 0.3) is 0 Å². The molecule has 0 aromatic heterocycles. The maximum Gasteiger partial charge on any atom is 0.410 e. The Morgan fingerprint density at radius 3 is 2.78 bits per heavy atom. The normalized spacial score (nSPS) is 20.0. The van der Waals surface area contributed by atoms with Crippen LogP contribution in [0.4, 0.5) is 4.79 Å². The highest BCUT2D eigenvalue weighted by molar-refractivity contribution is 9.10. The van der Waals surface area contributed by atoms with Gasteiger partial charge in [0.2, 0.25) is 0 Å². The molecule has 1 aromatic rings. The average Bonchev–Trinajstić information content (AvgIpc) is 2.47. The van der Waals surface area contributed by atoms with Gasteiger partial charge in [0.25, 0.3) is 0 Å². The predicted octanol–water partition coefficient (Wildman–Crippen LogP) is 4.38. The lowest BCUT2D eigenvalue weighted by atomic mass is 9.82. The van der Waals surface area contributed by atoms with Crippen LogP contribution in [0, 0.1) is 5.92 Å². The molecule has 0 bridgehead atoms. The predicted molar refractivity (Wildman–Crippen MR) is 93.5 cm³/mol. The molecule has 1 amide bonds. The summed E-state index contributed by atoms with van der Waals surface area (Å²) in [6.07, 6.45) is 2.55. The lowest BCUT2D eigenvalue weighted by molar-refractivity contribution is -0.110. The summed E-state index contributed by atoms with van der Waals surface area (Å²) in [4.78, 5) is 25.7. The van der Waals surface area contributed by atoms with Crippen LogP contribution in [0.3, 0.4) is 0 Å². The van der Waals surface area contributed by atoms with Crippen LogP contribution >= 0.6 is 15.9 Å². The zero-order chi connectivity index (χ0) is 17.0. The Bertz CT molecular complexity index is 568. The van der Waals surface area contributed by atoms with Gasteiger partial charge in [0.1, 0.15) is 11.9 Å². The van der Waals surface area contributed by atoms with Crippen molar-refractivity contribution in [2.24, 2.45) is 5.92 Å². The lowest BCUT2D eigenvalue weighted by Crippen LogP contribution is -2.44. The molecule has 0 aliphatic carbocycles. The van der Waals surface area contributed by atoms with Crippen molar-refractivity contribution in [3.63, 3.8) is 0 Å². The summed E-state index contributed by atoms with van der Waals surface area (Å²) in [7, 11) is 0. The van der Waals surface area contributed by atoms with Crippen molar-refractivity contribution in [2.45, 2.75) is 45.1 Å². The van der Waals surface area contributed by atoms with Crippen LogP contribution in [0.5, 0.6) is 0 Å². The number of piperidine rings is 1.